The number of anilines is 1. The van der Waals surface area contributed by atoms with Gasteiger partial charge in [0.05, 0.1) is 19.3 Å². The smallest absolute Gasteiger partial charge is 0.0805 e. The molecule has 0 fully saturated rings. The average Bonchev–Trinajstić information content (AvgIpc) is 2.18. The third kappa shape index (κ3) is 1.74. The Hall–Kier alpha value is -1.06. The molecular weight excluding hydrogens is 178 g/mol. The summed E-state index contributed by atoms with van der Waals surface area (Å²) in [7, 11) is 0. The predicted octanol–water partition coefficient (Wildman–Crippen LogP) is 0.564. The molecule has 2 rings (SSSR count). The van der Waals surface area contributed by atoms with Gasteiger partial charge in [-0.2, -0.15) is 0 Å². The van der Waals surface area contributed by atoms with Crippen LogP contribution in [0.4, 0.5) is 5.69 Å². The number of para-hydroxylation sites is 1. The van der Waals surface area contributed by atoms with Gasteiger partial charge in [-0.05, 0) is 11.6 Å². The van der Waals surface area contributed by atoms with E-state index >= 15 is 0 Å². The highest BCUT2D eigenvalue weighted by atomic mass is 16.3. The summed E-state index contributed by atoms with van der Waals surface area (Å²) in [6.45, 7) is 2.39. The van der Waals surface area contributed by atoms with E-state index in [2.05, 4.69) is 0 Å². The van der Waals surface area contributed by atoms with E-state index in [1.807, 2.05) is 29.2 Å². The summed E-state index contributed by atoms with van der Waals surface area (Å²) >= 11 is 0. The van der Waals surface area contributed by atoms with Crippen molar-refractivity contribution in [2.24, 2.45) is 0 Å². The SMILES string of the molecule is OCCN1[CH]C(O)Cc2ccccc21. The Morgan fingerprint density at radius 1 is 1.36 bits per heavy atom. The summed E-state index contributed by atoms with van der Waals surface area (Å²) < 4.78 is 0. The number of rotatable bonds is 2. The minimum atomic E-state index is -0.434. The summed E-state index contributed by atoms with van der Waals surface area (Å²) in [5, 5.41) is 18.5. The van der Waals surface area contributed by atoms with Crippen molar-refractivity contribution < 1.29 is 10.2 Å². The van der Waals surface area contributed by atoms with E-state index in [0.29, 0.717) is 13.0 Å². The van der Waals surface area contributed by atoms with E-state index < -0.39 is 6.10 Å². The summed E-state index contributed by atoms with van der Waals surface area (Å²) in [6, 6.07) is 7.95. The van der Waals surface area contributed by atoms with Crippen LogP contribution in [-0.4, -0.2) is 29.5 Å². The fourth-order valence-electron chi connectivity index (χ4n) is 1.83. The Labute approximate surface area is 83.6 Å². The van der Waals surface area contributed by atoms with E-state index in [9.17, 15) is 5.11 Å². The van der Waals surface area contributed by atoms with Crippen LogP contribution in [-0.2, 0) is 6.42 Å². The molecule has 0 bridgehead atoms. The van der Waals surface area contributed by atoms with Crippen molar-refractivity contribution in [2.75, 3.05) is 18.1 Å². The molecular formula is C11H14NO2. The topological polar surface area (TPSA) is 43.7 Å². The Bertz CT molecular complexity index is 314. The Kier molecular flexibility index (Phi) is 2.70. The normalized spacial score (nSPS) is 20.7. The van der Waals surface area contributed by atoms with Gasteiger partial charge in [0.1, 0.15) is 0 Å². The molecule has 0 aromatic heterocycles. The molecule has 1 aromatic carbocycles. The first-order valence-corrected chi connectivity index (χ1v) is 4.79. The Morgan fingerprint density at radius 3 is 2.93 bits per heavy atom. The quantitative estimate of drug-likeness (QED) is 0.719. The van der Waals surface area contributed by atoms with Crippen molar-refractivity contribution in [1.82, 2.24) is 0 Å². The number of fused-ring (bicyclic) bond motifs is 1. The first-order valence-electron chi connectivity index (χ1n) is 4.79. The molecule has 1 aromatic rings. The lowest BCUT2D eigenvalue weighted by atomic mass is 10.00. The molecule has 1 unspecified atom stereocenters. The second-order valence-corrected chi connectivity index (χ2v) is 3.47. The van der Waals surface area contributed by atoms with Gasteiger partial charge in [0.15, 0.2) is 0 Å². The lowest BCUT2D eigenvalue weighted by Gasteiger charge is -2.32. The molecule has 1 aliphatic heterocycles. The van der Waals surface area contributed by atoms with Gasteiger partial charge in [-0.15, -0.1) is 0 Å². The fraction of sp³-hybridized carbons (Fsp3) is 0.364. The number of nitrogens with zero attached hydrogens (tertiary/aromatic N) is 1. The summed E-state index contributed by atoms with van der Waals surface area (Å²) in [5.74, 6) is 0. The molecule has 3 heteroatoms. The van der Waals surface area contributed by atoms with Crippen molar-refractivity contribution >= 4 is 5.69 Å². The molecule has 1 heterocycles. The highest BCUT2D eigenvalue weighted by molar-refractivity contribution is 5.57. The van der Waals surface area contributed by atoms with Gasteiger partial charge in [0.25, 0.3) is 0 Å². The molecule has 0 saturated carbocycles. The second-order valence-electron chi connectivity index (χ2n) is 3.47. The Morgan fingerprint density at radius 2 is 2.14 bits per heavy atom. The molecule has 3 nitrogen and oxygen atoms in total. The monoisotopic (exact) mass is 192 g/mol. The van der Waals surface area contributed by atoms with Crippen LogP contribution in [0.3, 0.4) is 0 Å². The van der Waals surface area contributed by atoms with Gasteiger partial charge in [-0.1, -0.05) is 18.2 Å². The van der Waals surface area contributed by atoms with E-state index in [-0.39, 0.29) is 6.61 Å². The number of hydrogen-bond acceptors (Lipinski definition) is 3. The molecule has 1 atom stereocenters. The summed E-state index contributed by atoms with van der Waals surface area (Å²) in [5.41, 5.74) is 2.22. The fourth-order valence-corrected chi connectivity index (χ4v) is 1.83. The molecule has 0 amide bonds. The van der Waals surface area contributed by atoms with Crippen LogP contribution >= 0.6 is 0 Å². The zero-order chi connectivity index (χ0) is 9.97. The molecule has 0 aliphatic carbocycles. The first-order chi connectivity index (χ1) is 6.81. The Balaban J connectivity index is 2.28. The van der Waals surface area contributed by atoms with Gasteiger partial charge in [0, 0.05) is 18.7 Å². The maximum Gasteiger partial charge on any atom is 0.0805 e. The van der Waals surface area contributed by atoms with Crippen LogP contribution in [0.2, 0.25) is 0 Å². The van der Waals surface area contributed by atoms with Gasteiger partial charge in [-0.3, -0.25) is 0 Å². The highest BCUT2D eigenvalue weighted by Crippen LogP contribution is 2.28. The molecule has 1 aliphatic rings. The van der Waals surface area contributed by atoms with Gasteiger partial charge >= 0.3 is 0 Å². The first kappa shape index (κ1) is 9.49. The predicted molar refractivity (Wildman–Crippen MR) is 54.9 cm³/mol. The van der Waals surface area contributed by atoms with Crippen LogP contribution in [0, 0.1) is 6.54 Å². The number of aliphatic hydroxyl groups excluding tert-OH is 2. The zero-order valence-electron chi connectivity index (χ0n) is 7.93. The maximum atomic E-state index is 9.57. The lowest BCUT2D eigenvalue weighted by molar-refractivity contribution is 0.197. The van der Waals surface area contributed by atoms with Gasteiger partial charge in [-0.25, -0.2) is 0 Å². The van der Waals surface area contributed by atoms with Gasteiger partial charge in [0.2, 0.25) is 0 Å². The third-order valence-electron chi connectivity index (χ3n) is 2.42. The van der Waals surface area contributed by atoms with E-state index in [1.54, 1.807) is 6.54 Å². The minimum absolute atomic E-state index is 0.0948. The molecule has 0 spiro atoms. The van der Waals surface area contributed by atoms with E-state index in [0.717, 1.165) is 11.3 Å². The van der Waals surface area contributed by atoms with Crippen LogP contribution in [0.25, 0.3) is 0 Å². The summed E-state index contributed by atoms with van der Waals surface area (Å²) in [6.07, 6.45) is 0.231. The van der Waals surface area contributed by atoms with E-state index in [4.69, 9.17) is 5.11 Å². The summed E-state index contributed by atoms with van der Waals surface area (Å²) in [4.78, 5) is 1.91. The number of hydrogen-bond donors (Lipinski definition) is 2. The third-order valence-corrected chi connectivity index (χ3v) is 2.42. The highest BCUT2D eigenvalue weighted by Gasteiger charge is 2.22. The van der Waals surface area contributed by atoms with Crippen molar-refractivity contribution in [3.8, 4) is 0 Å². The van der Waals surface area contributed by atoms with Crippen LogP contribution in [0.1, 0.15) is 5.56 Å². The minimum Gasteiger partial charge on any atom is -0.395 e. The molecule has 75 valence electrons. The van der Waals surface area contributed by atoms with Crippen molar-refractivity contribution in [2.45, 2.75) is 12.5 Å². The average molecular weight is 192 g/mol. The molecule has 1 radical (unpaired) electrons. The standard InChI is InChI=1S/C11H14NO2/c13-6-5-12-8-10(14)7-9-3-1-2-4-11(9)12/h1-4,8,10,13-14H,5-7H2. The number of β-amino-alcohol motifs (C(OH)–C–C–N with tert-alkyl or cyclic N) is 1. The maximum absolute atomic E-state index is 9.57. The van der Waals surface area contributed by atoms with Crippen LogP contribution in [0.5, 0.6) is 0 Å². The number of aliphatic hydroxyl groups is 2. The van der Waals surface area contributed by atoms with Crippen molar-refractivity contribution in [3.05, 3.63) is 36.4 Å². The molecule has 14 heavy (non-hydrogen) atoms. The van der Waals surface area contributed by atoms with Crippen molar-refractivity contribution in [1.29, 1.82) is 0 Å². The largest absolute Gasteiger partial charge is 0.395 e. The molecule has 0 saturated heterocycles. The van der Waals surface area contributed by atoms with E-state index in [1.165, 1.54) is 0 Å². The van der Waals surface area contributed by atoms with Crippen LogP contribution in [0.15, 0.2) is 24.3 Å². The molecule has 2 N–H and O–H groups in total. The second kappa shape index (κ2) is 3.98. The lowest BCUT2D eigenvalue weighted by Crippen LogP contribution is -2.35. The van der Waals surface area contributed by atoms with Crippen molar-refractivity contribution in [3.63, 3.8) is 0 Å². The van der Waals surface area contributed by atoms with Crippen LogP contribution < -0.4 is 4.90 Å². The zero-order valence-corrected chi connectivity index (χ0v) is 7.93. The number of benzene rings is 1. The van der Waals surface area contributed by atoms with Gasteiger partial charge < -0.3 is 15.1 Å².